The topological polar surface area (TPSA) is 23.5 Å². The Morgan fingerprint density at radius 3 is 2.06 bits per heavy atom. The Bertz CT molecular complexity index is 170. The minimum absolute atomic E-state index is 0.339. The van der Waals surface area contributed by atoms with E-state index >= 15 is 0 Å². The Hall–Kier alpha value is -0.0800. The van der Waals surface area contributed by atoms with Crippen molar-refractivity contribution in [1.82, 2.24) is 4.90 Å². The van der Waals surface area contributed by atoms with Crippen LogP contribution >= 0.6 is 0 Å². The quantitative estimate of drug-likeness (QED) is 0.669. The van der Waals surface area contributed by atoms with Crippen LogP contribution in [0.2, 0.25) is 0 Å². The Balaban J connectivity index is 3.92. The molecule has 0 bridgehead atoms. The molecule has 104 valence electrons. The molecule has 2 heteroatoms. The first-order chi connectivity index (χ1) is 7.92. The molecule has 17 heavy (non-hydrogen) atoms. The van der Waals surface area contributed by atoms with Gasteiger partial charge in [0.1, 0.15) is 0 Å². The van der Waals surface area contributed by atoms with Crippen LogP contribution in [-0.4, -0.2) is 36.2 Å². The summed E-state index contributed by atoms with van der Waals surface area (Å²) >= 11 is 0. The summed E-state index contributed by atoms with van der Waals surface area (Å²) in [7, 11) is 0. The lowest BCUT2D eigenvalue weighted by Crippen LogP contribution is -2.25. The van der Waals surface area contributed by atoms with Crippen molar-refractivity contribution in [3.8, 4) is 0 Å². The molecule has 0 aromatic heterocycles. The first-order valence-corrected chi connectivity index (χ1v) is 7.26. The van der Waals surface area contributed by atoms with Gasteiger partial charge in [-0.1, -0.05) is 34.6 Å². The predicted molar refractivity (Wildman–Crippen MR) is 76.3 cm³/mol. The summed E-state index contributed by atoms with van der Waals surface area (Å²) in [5.74, 6) is 0.690. The second kappa shape index (κ2) is 8.93. The first kappa shape index (κ1) is 16.9. The van der Waals surface area contributed by atoms with Gasteiger partial charge in [-0.15, -0.1) is 0 Å². The van der Waals surface area contributed by atoms with Crippen LogP contribution in [0.1, 0.15) is 60.3 Å². The van der Waals surface area contributed by atoms with Gasteiger partial charge >= 0.3 is 0 Å². The van der Waals surface area contributed by atoms with E-state index in [9.17, 15) is 0 Å². The largest absolute Gasteiger partial charge is 0.396 e. The fraction of sp³-hybridized carbons (Fsp3) is 1.00. The van der Waals surface area contributed by atoms with Crippen LogP contribution < -0.4 is 0 Å². The summed E-state index contributed by atoms with van der Waals surface area (Å²) in [6.45, 7) is 15.2. The van der Waals surface area contributed by atoms with Crippen molar-refractivity contribution in [3.63, 3.8) is 0 Å². The second-order valence-electron chi connectivity index (χ2n) is 6.31. The second-order valence-corrected chi connectivity index (χ2v) is 6.31. The number of rotatable bonds is 9. The summed E-state index contributed by atoms with van der Waals surface area (Å²) in [6.07, 6.45) is 4.72. The molecule has 0 unspecified atom stereocenters. The zero-order valence-corrected chi connectivity index (χ0v) is 12.6. The Morgan fingerprint density at radius 2 is 1.65 bits per heavy atom. The molecule has 0 amide bonds. The van der Waals surface area contributed by atoms with Crippen LogP contribution in [0.4, 0.5) is 0 Å². The zero-order chi connectivity index (χ0) is 13.3. The van der Waals surface area contributed by atoms with Gasteiger partial charge in [0.25, 0.3) is 0 Å². The van der Waals surface area contributed by atoms with Gasteiger partial charge in [0.15, 0.2) is 0 Å². The molecule has 0 saturated heterocycles. The van der Waals surface area contributed by atoms with Crippen LogP contribution in [0, 0.1) is 11.3 Å². The molecule has 0 saturated carbocycles. The van der Waals surface area contributed by atoms with Crippen molar-refractivity contribution >= 4 is 0 Å². The standard InChI is InChI=1S/C15H33NO/c1-6-16(7-2)11-8-9-14(10-12-17)13-15(3,4)5/h14,17H,6-13H2,1-5H3/t14-/m0/s1. The average molecular weight is 243 g/mol. The monoisotopic (exact) mass is 243 g/mol. The maximum atomic E-state index is 9.12. The number of hydrogen-bond acceptors (Lipinski definition) is 2. The maximum Gasteiger partial charge on any atom is 0.0433 e. The normalized spacial score (nSPS) is 14.3. The van der Waals surface area contributed by atoms with Gasteiger partial charge in [-0.2, -0.15) is 0 Å². The van der Waals surface area contributed by atoms with Crippen LogP contribution in [0.25, 0.3) is 0 Å². The fourth-order valence-electron chi connectivity index (χ4n) is 2.54. The van der Waals surface area contributed by atoms with E-state index < -0.39 is 0 Å². The van der Waals surface area contributed by atoms with E-state index in [2.05, 4.69) is 39.5 Å². The maximum absolute atomic E-state index is 9.12. The highest BCUT2D eigenvalue weighted by atomic mass is 16.3. The zero-order valence-electron chi connectivity index (χ0n) is 12.6. The highest BCUT2D eigenvalue weighted by Crippen LogP contribution is 2.29. The van der Waals surface area contributed by atoms with E-state index in [1.54, 1.807) is 0 Å². The molecule has 0 aliphatic carbocycles. The number of aliphatic hydroxyl groups excluding tert-OH is 1. The molecule has 0 heterocycles. The van der Waals surface area contributed by atoms with Gasteiger partial charge in [0.2, 0.25) is 0 Å². The van der Waals surface area contributed by atoms with E-state index in [0.29, 0.717) is 17.9 Å². The van der Waals surface area contributed by atoms with E-state index in [-0.39, 0.29) is 0 Å². The summed E-state index contributed by atoms with van der Waals surface area (Å²) in [4.78, 5) is 2.48. The van der Waals surface area contributed by atoms with Crippen molar-refractivity contribution < 1.29 is 5.11 Å². The third kappa shape index (κ3) is 9.61. The number of aliphatic hydroxyl groups is 1. The summed E-state index contributed by atoms with van der Waals surface area (Å²) in [5.41, 5.74) is 0.384. The van der Waals surface area contributed by atoms with E-state index in [4.69, 9.17) is 5.11 Å². The molecular formula is C15H33NO. The lowest BCUT2D eigenvalue weighted by Gasteiger charge is -2.26. The van der Waals surface area contributed by atoms with Crippen LogP contribution in [0.3, 0.4) is 0 Å². The highest BCUT2D eigenvalue weighted by molar-refractivity contribution is 4.70. The van der Waals surface area contributed by atoms with E-state index in [0.717, 1.165) is 19.5 Å². The SMILES string of the molecule is CCN(CC)CCC[C@@H](CCO)CC(C)(C)C. The fourth-order valence-corrected chi connectivity index (χ4v) is 2.54. The van der Waals surface area contributed by atoms with Gasteiger partial charge in [-0.05, 0) is 56.7 Å². The molecule has 2 nitrogen and oxygen atoms in total. The molecule has 0 aromatic rings. The van der Waals surface area contributed by atoms with Crippen molar-refractivity contribution in [3.05, 3.63) is 0 Å². The van der Waals surface area contributed by atoms with E-state index in [1.807, 2.05) is 0 Å². The smallest absolute Gasteiger partial charge is 0.0433 e. The summed E-state index contributed by atoms with van der Waals surface area (Å²) < 4.78 is 0. The highest BCUT2D eigenvalue weighted by Gasteiger charge is 2.18. The van der Waals surface area contributed by atoms with Gasteiger partial charge in [-0.25, -0.2) is 0 Å². The molecule has 1 atom stereocenters. The first-order valence-electron chi connectivity index (χ1n) is 7.26. The lowest BCUT2D eigenvalue weighted by molar-refractivity contribution is 0.200. The van der Waals surface area contributed by atoms with Gasteiger partial charge in [0, 0.05) is 6.61 Å². The van der Waals surface area contributed by atoms with Crippen molar-refractivity contribution in [2.45, 2.75) is 60.3 Å². The third-order valence-corrected chi connectivity index (χ3v) is 3.42. The van der Waals surface area contributed by atoms with Gasteiger partial charge in [-0.3, -0.25) is 0 Å². The Kier molecular flexibility index (Phi) is 8.89. The minimum atomic E-state index is 0.339. The van der Waals surface area contributed by atoms with Gasteiger partial charge < -0.3 is 10.0 Å². The molecule has 0 aliphatic rings. The Morgan fingerprint density at radius 1 is 1.06 bits per heavy atom. The summed E-state index contributed by atoms with van der Waals surface area (Å²) in [5, 5.41) is 9.12. The van der Waals surface area contributed by atoms with E-state index in [1.165, 1.54) is 25.8 Å². The predicted octanol–water partition coefficient (Wildman–Crippen LogP) is 3.54. The summed E-state index contributed by atoms with van der Waals surface area (Å²) in [6, 6.07) is 0. The van der Waals surface area contributed by atoms with Crippen LogP contribution in [0.5, 0.6) is 0 Å². The molecule has 1 N–H and O–H groups in total. The minimum Gasteiger partial charge on any atom is -0.396 e. The van der Waals surface area contributed by atoms with Crippen LogP contribution in [0.15, 0.2) is 0 Å². The molecule has 0 fully saturated rings. The van der Waals surface area contributed by atoms with Crippen molar-refractivity contribution in [2.24, 2.45) is 11.3 Å². The van der Waals surface area contributed by atoms with Crippen molar-refractivity contribution in [1.29, 1.82) is 0 Å². The molecule has 0 radical (unpaired) electrons. The number of hydrogen-bond donors (Lipinski definition) is 1. The Labute approximate surface area is 108 Å². The molecule has 0 aliphatic heterocycles. The number of nitrogens with zero attached hydrogens (tertiary/aromatic N) is 1. The molecule has 0 rings (SSSR count). The molecular weight excluding hydrogens is 210 g/mol. The van der Waals surface area contributed by atoms with Gasteiger partial charge in [0.05, 0.1) is 0 Å². The van der Waals surface area contributed by atoms with Crippen molar-refractivity contribution in [2.75, 3.05) is 26.2 Å². The third-order valence-electron chi connectivity index (χ3n) is 3.42. The molecule has 0 spiro atoms. The molecule has 0 aromatic carbocycles. The van der Waals surface area contributed by atoms with Crippen LogP contribution in [-0.2, 0) is 0 Å². The average Bonchev–Trinajstić information content (AvgIpc) is 2.22. The lowest BCUT2D eigenvalue weighted by atomic mass is 9.81.